The van der Waals surface area contributed by atoms with Gasteiger partial charge in [-0.2, -0.15) is 0 Å². The predicted octanol–water partition coefficient (Wildman–Crippen LogP) is 4.01. The average Bonchev–Trinajstić information content (AvgIpc) is 2.46. The van der Waals surface area contributed by atoms with E-state index in [2.05, 4.69) is 26.1 Å². The molecule has 0 bridgehead atoms. The summed E-state index contributed by atoms with van der Waals surface area (Å²) in [6.07, 6.45) is 6.95. The third-order valence-electron chi connectivity index (χ3n) is 3.77. The van der Waals surface area contributed by atoms with Gasteiger partial charge in [0.25, 0.3) is 0 Å². The Labute approximate surface area is 134 Å². The first kappa shape index (κ1) is 20.7. The van der Waals surface area contributed by atoms with Crippen molar-refractivity contribution in [1.82, 2.24) is 5.32 Å². The number of carbonyl (C=O) groups is 2. The van der Waals surface area contributed by atoms with Crippen LogP contribution in [-0.2, 0) is 12.7 Å². The van der Waals surface area contributed by atoms with E-state index in [0.29, 0.717) is 0 Å². The van der Waals surface area contributed by atoms with Crippen LogP contribution >= 0.6 is 0 Å². The first-order chi connectivity index (χ1) is 9.99. The van der Waals surface area contributed by atoms with Gasteiger partial charge in [0.15, 0.2) is 0 Å². The fourth-order valence-corrected chi connectivity index (χ4v) is 15.6. The predicted molar refractivity (Wildman–Crippen MR) is 89.7 cm³/mol. The standard InChI is InChI=1S/C4H7NO3.3C4H9.Sn/c1-3(6)5-2-4(7)8;3*1-3-4-2;/h2H2,1H3,(H,5,6)(H,7,8);3*1,3-4H2,2H3;/q;;;;+1/p-1. The van der Waals surface area contributed by atoms with Crippen molar-refractivity contribution in [2.75, 3.05) is 6.54 Å². The molecule has 0 aliphatic rings. The van der Waals surface area contributed by atoms with Crippen LogP contribution in [0.4, 0.5) is 0 Å². The molecule has 0 aromatic carbocycles. The maximum atomic E-state index is 12.1. The molecular weight excluding hydrogens is 373 g/mol. The molecule has 0 rings (SSSR count). The maximum absolute atomic E-state index is 12.1. The molecule has 21 heavy (non-hydrogen) atoms. The summed E-state index contributed by atoms with van der Waals surface area (Å²) in [5, 5.41) is 2.56. The van der Waals surface area contributed by atoms with Gasteiger partial charge in [0.2, 0.25) is 0 Å². The Bertz CT molecular complexity index is 286. The molecule has 0 unspecified atom stereocenters. The summed E-state index contributed by atoms with van der Waals surface area (Å²) in [4.78, 5) is 23.0. The summed E-state index contributed by atoms with van der Waals surface area (Å²) in [5.41, 5.74) is 0. The van der Waals surface area contributed by atoms with Crippen LogP contribution in [0.15, 0.2) is 0 Å². The summed E-state index contributed by atoms with van der Waals surface area (Å²) in [6, 6.07) is 0. The van der Waals surface area contributed by atoms with Gasteiger partial charge in [0.1, 0.15) is 0 Å². The second-order valence-electron chi connectivity index (χ2n) is 5.88. The van der Waals surface area contributed by atoms with Gasteiger partial charge < -0.3 is 0 Å². The molecule has 0 saturated carbocycles. The molecule has 1 amide bonds. The molecule has 4 nitrogen and oxygen atoms in total. The Morgan fingerprint density at radius 2 is 1.33 bits per heavy atom. The van der Waals surface area contributed by atoms with E-state index in [9.17, 15) is 9.59 Å². The topological polar surface area (TPSA) is 55.4 Å². The fourth-order valence-electron chi connectivity index (χ4n) is 2.50. The van der Waals surface area contributed by atoms with Crippen molar-refractivity contribution in [2.45, 2.75) is 79.5 Å². The van der Waals surface area contributed by atoms with Crippen LogP contribution in [-0.4, -0.2) is 37.2 Å². The Morgan fingerprint density at radius 1 is 0.905 bits per heavy atom. The van der Waals surface area contributed by atoms with Crippen LogP contribution < -0.4 is 5.32 Å². The summed E-state index contributed by atoms with van der Waals surface area (Å²) in [5.74, 6) is -0.396. The van der Waals surface area contributed by atoms with Gasteiger partial charge in [-0.05, 0) is 0 Å². The molecular formula is C16H33NO3Sn. The zero-order valence-electron chi connectivity index (χ0n) is 14.3. The van der Waals surface area contributed by atoms with Gasteiger partial charge in [-0.3, -0.25) is 0 Å². The molecule has 0 fully saturated rings. The van der Waals surface area contributed by atoms with E-state index in [1.807, 2.05) is 0 Å². The van der Waals surface area contributed by atoms with E-state index in [-0.39, 0.29) is 18.4 Å². The SMILES string of the molecule is CCC[CH2][Sn]([CH2]CCC)([CH2]CCC)[O]C(=O)CNC(C)=O. The molecule has 1 N–H and O–H groups in total. The van der Waals surface area contributed by atoms with Crippen molar-refractivity contribution in [3.63, 3.8) is 0 Å². The molecule has 0 atom stereocenters. The Morgan fingerprint density at radius 3 is 1.67 bits per heavy atom. The second-order valence-corrected chi connectivity index (χ2v) is 17.5. The zero-order valence-corrected chi connectivity index (χ0v) is 17.1. The Balaban J connectivity index is 4.75. The Hall–Kier alpha value is -0.261. The van der Waals surface area contributed by atoms with Gasteiger partial charge in [0.05, 0.1) is 0 Å². The molecule has 0 spiro atoms. The molecule has 124 valence electrons. The molecule has 0 aromatic rings. The number of hydrogen-bond donors (Lipinski definition) is 1. The van der Waals surface area contributed by atoms with E-state index in [1.165, 1.54) is 6.92 Å². The minimum atomic E-state index is -2.84. The second kappa shape index (κ2) is 12.3. The van der Waals surface area contributed by atoms with E-state index in [4.69, 9.17) is 3.07 Å². The van der Waals surface area contributed by atoms with Gasteiger partial charge in [0, 0.05) is 0 Å². The van der Waals surface area contributed by atoms with Gasteiger partial charge in [-0.25, -0.2) is 0 Å². The number of amides is 1. The third-order valence-corrected chi connectivity index (χ3v) is 16.5. The van der Waals surface area contributed by atoms with Gasteiger partial charge in [-0.1, -0.05) is 0 Å². The number of nitrogens with one attached hydrogen (secondary N) is 1. The quantitative estimate of drug-likeness (QED) is 0.499. The minimum absolute atomic E-state index is 0.0262. The number of hydrogen-bond acceptors (Lipinski definition) is 3. The fraction of sp³-hybridized carbons (Fsp3) is 0.875. The summed E-state index contributed by atoms with van der Waals surface area (Å²) in [7, 11) is 0. The summed E-state index contributed by atoms with van der Waals surface area (Å²) < 4.78 is 9.46. The molecule has 5 heteroatoms. The molecule has 0 aromatic heterocycles. The van der Waals surface area contributed by atoms with Crippen LogP contribution in [0, 0.1) is 0 Å². The van der Waals surface area contributed by atoms with Crippen molar-refractivity contribution in [3.05, 3.63) is 0 Å². The summed E-state index contributed by atoms with van der Waals surface area (Å²) in [6.45, 7) is 8.02. The first-order valence-electron chi connectivity index (χ1n) is 8.46. The van der Waals surface area contributed by atoms with Crippen LogP contribution in [0.2, 0.25) is 13.3 Å². The van der Waals surface area contributed by atoms with Crippen LogP contribution in [0.3, 0.4) is 0 Å². The van der Waals surface area contributed by atoms with Crippen molar-refractivity contribution < 1.29 is 12.7 Å². The number of rotatable bonds is 12. The van der Waals surface area contributed by atoms with E-state index >= 15 is 0 Å². The Kier molecular flexibility index (Phi) is 12.1. The van der Waals surface area contributed by atoms with Crippen LogP contribution in [0.25, 0.3) is 0 Å². The van der Waals surface area contributed by atoms with Gasteiger partial charge in [-0.15, -0.1) is 0 Å². The van der Waals surface area contributed by atoms with Gasteiger partial charge >= 0.3 is 135 Å². The molecule has 0 radical (unpaired) electrons. The van der Waals surface area contributed by atoms with Crippen LogP contribution in [0.1, 0.15) is 66.2 Å². The van der Waals surface area contributed by atoms with E-state index < -0.39 is 18.8 Å². The van der Waals surface area contributed by atoms with Crippen molar-refractivity contribution in [2.24, 2.45) is 0 Å². The van der Waals surface area contributed by atoms with E-state index in [1.54, 1.807) is 0 Å². The summed E-state index contributed by atoms with van der Waals surface area (Å²) >= 11 is -2.84. The average molecular weight is 406 g/mol. The zero-order chi connectivity index (χ0) is 16.1. The van der Waals surface area contributed by atoms with Crippen LogP contribution in [0.5, 0.6) is 0 Å². The van der Waals surface area contributed by atoms with E-state index in [0.717, 1.165) is 51.8 Å². The molecule has 0 heterocycles. The molecule has 0 saturated heterocycles. The normalized spacial score (nSPS) is 11.2. The van der Waals surface area contributed by atoms with Crippen molar-refractivity contribution in [1.29, 1.82) is 0 Å². The first-order valence-corrected chi connectivity index (χ1v) is 15.7. The third kappa shape index (κ3) is 10.1. The molecule has 0 aliphatic heterocycles. The number of unbranched alkanes of at least 4 members (excludes halogenated alkanes) is 3. The molecule has 0 aliphatic carbocycles. The monoisotopic (exact) mass is 407 g/mol. The number of carbonyl (C=O) groups excluding carboxylic acids is 2. The van der Waals surface area contributed by atoms with Crippen molar-refractivity contribution >= 4 is 30.7 Å². The van der Waals surface area contributed by atoms with Crippen molar-refractivity contribution in [3.8, 4) is 0 Å².